The van der Waals surface area contributed by atoms with Crippen molar-refractivity contribution in [2.45, 2.75) is 33.0 Å². The zero-order chi connectivity index (χ0) is 19.4. The highest BCUT2D eigenvalue weighted by Gasteiger charge is 2.33. The van der Waals surface area contributed by atoms with E-state index in [9.17, 15) is 9.59 Å². The SMILES string of the molecule is COCc1nnc(NC(=O)CN2C(=O)c3ccccc3NC2CC(C)C)s1. The van der Waals surface area contributed by atoms with Crippen LogP contribution in [-0.2, 0) is 16.1 Å². The van der Waals surface area contributed by atoms with E-state index in [1.54, 1.807) is 18.1 Å². The van der Waals surface area contributed by atoms with Gasteiger partial charge in [-0.1, -0.05) is 37.3 Å². The minimum absolute atomic E-state index is 0.0588. The molecule has 2 heterocycles. The van der Waals surface area contributed by atoms with Crippen molar-refractivity contribution in [3.05, 3.63) is 34.8 Å². The van der Waals surface area contributed by atoms with Gasteiger partial charge >= 0.3 is 0 Å². The molecule has 0 fully saturated rings. The maximum atomic E-state index is 12.9. The molecule has 1 atom stereocenters. The fourth-order valence-electron chi connectivity index (χ4n) is 2.96. The summed E-state index contributed by atoms with van der Waals surface area (Å²) in [6.45, 7) is 4.46. The van der Waals surface area contributed by atoms with Gasteiger partial charge in [-0.2, -0.15) is 0 Å². The van der Waals surface area contributed by atoms with E-state index in [1.165, 1.54) is 11.3 Å². The fraction of sp³-hybridized carbons (Fsp3) is 0.444. The lowest BCUT2D eigenvalue weighted by Crippen LogP contribution is -2.52. The Kier molecular flexibility index (Phi) is 6.02. The van der Waals surface area contributed by atoms with Gasteiger partial charge in [0.2, 0.25) is 11.0 Å². The fourth-order valence-corrected chi connectivity index (χ4v) is 3.69. The van der Waals surface area contributed by atoms with E-state index in [-0.39, 0.29) is 24.5 Å². The lowest BCUT2D eigenvalue weighted by Gasteiger charge is -2.38. The predicted molar refractivity (Wildman–Crippen MR) is 104 cm³/mol. The van der Waals surface area contributed by atoms with E-state index >= 15 is 0 Å². The Morgan fingerprint density at radius 1 is 1.37 bits per heavy atom. The molecule has 144 valence electrons. The summed E-state index contributed by atoms with van der Waals surface area (Å²) in [7, 11) is 1.57. The molecule has 9 heteroatoms. The monoisotopic (exact) mass is 389 g/mol. The molecule has 2 aromatic rings. The molecule has 2 N–H and O–H groups in total. The summed E-state index contributed by atoms with van der Waals surface area (Å²) in [4.78, 5) is 27.0. The van der Waals surface area contributed by atoms with Gasteiger partial charge in [-0.05, 0) is 24.5 Å². The molecule has 0 aliphatic carbocycles. The van der Waals surface area contributed by atoms with Crippen LogP contribution in [0.1, 0.15) is 35.6 Å². The van der Waals surface area contributed by atoms with Gasteiger partial charge < -0.3 is 15.0 Å². The Labute approximate surface area is 161 Å². The quantitative estimate of drug-likeness (QED) is 0.755. The van der Waals surface area contributed by atoms with Crippen LogP contribution in [0.2, 0.25) is 0 Å². The molecule has 3 rings (SSSR count). The number of anilines is 2. The molecule has 1 aliphatic heterocycles. The van der Waals surface area contributed by atoms with Gasteiger partial charge in [-0.15, -0.1) is 10.2 Å². The van der Waals surface area contributed by atoms with Crippen molar-refractivity contribution in [3.8, 4) is 0 Å². The largest absolute Gasteiger partial charge is 0.377 e. The van der Waals surface area contributed by atoms with Crippen molar-refractivity contribution >= 4 is 34.0 Å². The van der Waals surface area contributed by atoms with Gasteiger partial charge in [0.1, 0.15) is 24.3 Å². The number of fused-ring (bicyclic) bond motifs is 1. The summed E-state index contributed by atoms with van der Waals surface area (Å²) in [5, 5.41) is 15.0. The molecular formula is C18H23N5O3S. The van der Waals surface area contributed by atoms with Gasteiger partial charge in [0.15, 0.2) is 0 Å². The van der Waals surface area contributed by atoms with Crippen molar-refractivity contribution in [2.75, 3.05) is 24.3 Å². The normalized spacial score (nSPS) is 16.2. The molecule has 1 aromatic heterocycles. The van der Waals surface area contributed by atoms with Gasteiger partial charge in [-0.25, -0.2) is 0 Å². The number of carbonyl (C=O) groups excluding carboxylic acids is 2. The molecule has 0 saturated heterocycles. The van der Waals surface area contributed by atoms with Crippen LogP contribution >= 0.6 is 11.3 Å². The average Bonchev–Trinajstić information content (AvgIpc) is 3.05. The van der Waals surface area contributed by atoms with E-state index in [2.05, 4.69) is 34.7 Å². The second-order valence-electron chi connectivity index (χ2n) is 6.75. The Bertz CT molecular complexity index is 823. The lowest BCUT2D eigenvalue weighted by molar-refractivity contribution is -0.117. The molecule has 0 radical (unpaired) electrons. The molecule has 0 bridgehead atoms. The summed E-state index contributed by atoms with van der Waals surface area (Å²) in [6.07, 6.45) is 0.501. The van der Waals surface area contributed by atoms with Crippen LogP contribution in [-0.4, -0.2) is 46.7 Å². The topological polar surface area (TPSA) is 96.5 Å². The van der Waals surface area contributed by atoms with Gasteiger partial charge in [0.05, 0.1) is 5.56 Å². The highest BCUT2D eigenvalue weighted by atomic mass is 32.1. The minimum Gasteiger partial charge on any atom is -0.377 e. The van der Waals surface area contributed by atoms with Gasteiger partial charge in [0.25, 0.3) is 5.91 Å². The summed E-state index contributed by atoms with van der Waals surface area (Å²) in [5.74, 6) is -0.0909. The zero-order valence-electron chi connectivity index (χ0n) is 15.6. The molecular weight excluding hydrogens is 366 g/mol. The predicted octanol–water partition coefficient (Wildman–Crippen LogP) is 2.56. The molecule has 2 amide bonds. The summed E-state index contributed by atoms with van der Waals surface area (Å²) in [6, 6.07) is 7.36. The number of hydrogen-bond donors (Lipinski definition) is 2. The first-order chi connectivity index (χ1) is 13.0. The minimum atomic E-state index is -0.307. The van der Waals surface area contributed by atoms with Crippen molar-refractivity contribution in [1.82, 2.24) is 15.1 Å². The number of aromatic nitrogens is 2. The highest BCUT2D eigenvalue weighted by Crippen LogP contribution is 2.27. The lowest BCUT2D eigenvalue weighted by atomic mass is 10.0. The Morgan fingerprint density at radius 3 is 2.89 bits per heavy atom. The molecule has 0 saturated carbocycles. The highest BCUT2D eigenvalue weighted by molar-refractivity contribution is 7.15. The van der Waals surface area contributed by atoms with Crippen molar-refractivity contribution in [1.29, 1.82) is 0 Å². The van der Waals surface area contributed by atoms with Crippen LogP contribution in [0, 0.1) is 5.92 Å². The van der Waals surface area contributed by atoms with Crippen LogP contribution in [0.4, 0.5) is 10.8 Å². The van der Waals surface area contributed by atoms with Crippen molar-refractivity contribution in [3.63, 3.8) is 0 Å². The maximum Gasteiger partial charge on any atom is 0.258 e. The van der Waals surface area contributed by atoms with Crippen LogP contribution in [0.3, 0.4) is 0 Å². The van der Waals surface area contributed by atoms with E-state index in [4.69, 9.17) is 4.74 Å². The van der Waals surface area contributed by atoms with E-state index in [0.29, 0.717) is 28.2 Å². The third kappa shape index (κ3) is 4.61. The number of rotatable bonds is 7. The number of hydrogen-bond acceptors (Lipinski definition) is 7. The number of benzene rings is 1. The third-order valence-electron chi connectivity index (χ3n) is 4.11. The molecule has 1 aromatic carbocycles. The number of amides is 2. The summed E-state index contributed by atoms with van der Waals surface area (Å²) < 4.78 is 5.00. The summed E-state index contributed by atoms with van der Waals surface area (Å²) >= 11 is 1.25. The molecule has 27 heavy (non-hydrogen) atoms. The van der Waals surface area contributed by atoms with Crippen molar-refractivity contribution < 1.29 is 14.3 Å². The van der Waals surface area contributed by atoms with Crippen LogP contribution in [0.5, 0.6) is 0 Å². The van der Waals surface area contributed by atoms with E-state index < -0.39 is 0 Å². The molecule has 1 unspecified atom stereocenters. The second kappa shape index (κ2) is 8.45. The van der Waals surface area contributed by atoms with E-state index in [1.807, 2.05) is 18.2 Å². The number of carbonyl (C=O) groups is 2. The maximum absolute atomic E-state index is 12.9. The average molecular weight is 389 g/mol. The summed E-state index contributed by atoms with van der Waals surface area (Å²) in [5.41, 5.74) is 1.38. The molecule has 8 nitrogen and oxygen atoms in total. The standard InChI is InChI=1S/C18H23N5O3S/c1-11(2)8-14-19-13-7-5-4-6-12(13)17(25)23(14)9-15(24)20-18-22-21-16(27-18)10-26-3/h4-7,11,14,19H,8-10H2,1-3H3,(H,20,22,24). The first-order valence-corrected chi connectivity index (χ1v) is 9.57. The van der Waals surface area contributed by atoms with Crippen LogP contribution in [0.25, 0.3) is 0 Å². The number of nitrogens with one attached hydrogen (secondary N) is 2. The van der Waals surface area contributed by atoms with Gasteiger partial charge in [0, 0.05) is 12.8 Å². The third-order valence-corrected chi connectivity index (χ3v) is 4.92. The smallest absolute Gasteiger partial charge is 0.258 e. The molecule has 1 aliphatic rings. The number of ether oxygens (including phenoxy) is 1. The number of nitrogens with zero attached hydrogens (tertiary/aromatic N) is 3. The Hall–Kier alpha value is -2.52. The zero-order valence-corrected chi connectivity index (χ0v) is 16.4. The van der Waals surface area contributed by atoms with Crippen LogP contribution < -0.4 is 10.6 Å². The Morgan fingerprint density at radius 2 is 2.15 bits per heavy atom. The van der Waals surface area contributed by atoms with E-state index in [0.717, 1.165) is 12.1 Å². The number of para-hydroxylation sites is 1. The van der Waals surface area contributed by atoms with Crippen LogP contribution in [0.15, 0.2) is 24.3 Å². The first kappa shape index (κ1) is 19.2. The Balaban J connectivity index is 1.73. The second-order valence-corrected chi connectivity index (χ2v) is 7.81. The van der Waals surface area contributed by atoms with Crippen molar-refractivity contribution in [2.24, 2.45) is 5.92 Å². The first-order valence-electron chi connectivity index (χ1n) is 8.75. The molecule has 0 spiro atoms. The number of methoxy groups -OCH3 is 1. The van der Waals surface area contributed by atoms with Gasteiger partial charge in [-0.3, -0.25) is 14.9 Å².